The van der Waals surface area contributed by atoms with Gasteiger partial charge in [0.2, 0.25) is 0 Å². The SMILES string of the molecule is COc1cc(Br)c(Br)c(C=Nc2cccc(C(F)(F)F)c2)c1O. The number of hydrogen-bond acceptors (Lipinski definition) is 3. The molecule has 8 heteroatoms. The first kappa shape index (κ1) is 17.8. The summed E-state index contributed by atoms with van der Waals surface area (Å²) in [6, 6.07) is 6.16. The summed E-state index contributed by atoms with van der Waals surface area (Å²) in [7, 11) is 1.39. The number of methoxy groups -OCH3 is 1. The predicted octanol–water partition coefficient (Wildman–Crippen LogP) is 5.70. The van der Waals surface area contributed by atoms with Gasteiger partial charge in [0.05, 0.1) is 23.9 Å². The summed E-state index contributed by atoms with van der Waals surface area (Å²) in [6.07, 6.45) is -3.17. The van der Waals surface area contributed by atoms with E-state index in [1.54, 1.807) is 6.07 Å². The van der Waals surface area contributed by atoms with Gasteiger partial charge in [-0.25, -0.2) is 0 Å². The smallest absolute Gasteiger partial charge is 0.416 e. The first-order chi connectivity index (χ1) is 10.7. The summed E-state index contributed by atoms with van der Waals surface area (Å²) in [5.74, 6) is 0.0452. The van der Waals surface area contributed by atoms with Crippen molar-refractivity contribution in [1.82, 2.24) is 0 Å². The summed E-state index contributed by atoms with van der Waals surface area (Å²) in [5, 5.41) is 10.1. The highest BCUT2D eigenvalue weighted by molar-refractivity contribution is 9.13. The number of aromatic hydroxyl groups is 1. The van der Waals surface area contributed by atoms with Crippen molar-refractivity contribution in [2.24, 2.45) is 4.99 Å². The average Bonchev–Trinajstić information content (AvgIpc) is 2.50. The van der Waals surface area contributed by atoms with Crippen LogP contribution in [0.25, 0.3) is 0 Å². The Hall–Kier alpha value is -1.54. The van der Waals surface area contributed by atoms with Crippen LogP contribution in [0.15, 0.2) is 44.3 Å². The second-order valence-corrected chi connectivity index (χ2v) is 6.09. The zero-order valence-corrected chi connectivity index (χ0v) is 14.8. The van der Waals surface area contributed by atoms with Crippen LogP contribution in [0.5, 0.6) is 11.5 Å². The lowest BCUT2D eigenvalue weighted by Crippen LogP contribution is -2.03. The van der Waals surface area contributed by atoms with Gasteiger partial charge in [0, 0.05) is 15.2 Å². The van der Waals surface area contributed by atoms with Crippen LogP contribution >= 0.6 is 31.9 Å². The summed E-state index contributed by atoms with van der Waals surface area (Å²) < 4.78 is 44.2. The summed E-state index contributed by atoms with van der Waals surface area (Å²) in [5.41, 5.74) is -0.388. The van der Waals surface area contributed by atoms with Gasteiger partial charge in [-0.05, 0) is 56.1 Å². The van der Waals surface area contributed by atoms with Crippen molar-refractivity contribution in [2.75, 3.05) is 7.11 Å². The van der Waals surface area contributed by atoms with E-state index in [1.165, 1.54) is 25.5 Å². The minimum atomic E-state index is -4.44. The third-order valence-electron chi connectivity index (χ3n) is 2.93. The van der Waals surface area contributed by atoms with E-state index < -0.39 is 11.7 Å². The van der Waals surface area contributed by atoms with Gasteiger partial charge >= 0.3 is 6.18 Å². The number of hydrogen-bond donors (Lipinski definition) is 1. The molecule has 0 aromatic heterocycles. The number of halogens is 5. The second-order valence-electron chi connectivity index (χ2n) is 4.44. The molecule has 0 saturated heterocycles. The largest absolute Gasteiger partial charge is 0.504 e. The van der Waals surface area contributed by atoms with E-state index in [2.05, 4.69) is 36.9 Å². The molecule has 0 saturated carbocycles. The van der Waals surface area contributed by atoms with E-state index in [-0.39, 0.29) is 22.7 Å². The zero-order chi connectivity index (χ0) is 17.2. The lowest BCUT2D eigenvalue weighted by Gasteiger charge is -2.10. The molecule has 0 radical (unpaired) electrons. The van der Waals surface area contributed by atoms with Gasteiger partial charge in [0.1, 0.15) is 0 Å². The Balaban J connectivity index is 2.44. The molecule has 2 aromatic rings. The predicted molar refractivity (Wildman–Crippen MR) is 88.8 cm³/mol. The maximum absolute atomic E-state index is 12.7. The Labute approximate surface area is 147 Å². The number of phenolic OH excluding ortho intramolecular Hbond substituents is 1. The monoisotopic (exact) mass is 451 g/mol. The molecular weight excluding hydrogens is 443 g/mol. The highest BCUT2D eigenvalue weighted by Gasteiger charge is 2.30. The molecule has 23 heavy (non-hydrogen) atoms. The van der Waals surface area contributed by atoms with Crippen molar-refractivity contribution in [3.8, 4) is 11.5 Å². The Morgan fingerprint density at radius 3 is 2.52 bits per heavy atom. The molecule has 3 nitrogen and oxygen atoms in total. The summed E-state index contributed by atoms with van der Waals surface area (Å²) >= 11 is 6.57. The van der Waals surface area contributed by atoms with E-state index in [9.17, 15) is 18.3 Å². The number of nitrogens with zero attached hydrogens (tertiary/aromatic N) is 1. The lowest BCUT2D eigenvalue weighted by atomic mass is 10.2. The fourth-order valence-corrected chi connectivity index (χ4v) is 2.61. The molecule has 0 unspecified atom stereocenters. The lowest BCUT2D eigenvalue weighted by molar-refractivity contribution is -0.137. The van der Waals surface area contributed by atoms with Crippen LogP contribution in [0.4, 0.5) is 18.9 Å². The van der Waals surface area contributed by atoms with Crippen LogP contribution in [0, 0.1) is 0 Å². The molecule has 0 aliphatic carbocycles. The van der Waals surface area contributed by atoms with Crippen molar-refractivity contribution in [2.45, 2.75) is 6.18 Å². The molecule has 0 aliphatic rings. The van der Waals surface area contributed by atoms with Gasteiger partial charge in [-0.1, -0.05) is 6.07 Å². The van der Waals surface area contributed by atoms with Gasteiger partial charge < -0.3 is 9.84 Å². The van der Waals surface area contributed by atoms with E-state index in [0.29, 0.717) is 8.95 Å². The van der Waals surface area contributed by atoms with Crippen LogP contribution in [0.2, 0.25) is 0 Å². The quantitative estimate of drug-likeness (QED) is 0.607. The van der Waals surface area contributed by atoms with Crippen molar-refractivity contribution >= 4 is 43.8 Å². The van der Waals surface area contributed by atoms with Crippen molar-refractivity contribution in [3.63, 3.8) is 0 Å². The molecular formula is C15H10Br2F3NO2. The Morgan fingerprint density at radius 1 is 1.22 bits per heavy atom. The Morgan fingerprint density at radius 2 is 1.91 bits per heavy atom. The molecule has 0 heterocycles. The summed E-state index contributed by atoms with van der Waals surface area (Å²) in [4.78, 5) is 4.00. The van der Waals surface area contributed by atoms with E-state index in [0.717, 1.165) is 12.1 Å². The molecule has 0 spiro atoms. The third-order valence-corrected chi connectivity index (χ3v) is 4.94. The standard InChI is InChI=1S/C15H10Br2F3NO2/c1-23-12-6-11(16)13(17)10(14(12)22)7-21-9-4-2-3-8(5-9)15(18,19)20/h2-7,22H,1H3. The average molecular weight is 453 g/mol. The summed E-state index contributed by atoms with van der Waals surface area (Å²) in [6.45, 7) is 0. The molecule has 122 valence electrons. The first-order valence-corrected chi connectivity index (χ1v) is 7.79. The number of alkyl halides is 3. The van der Waals surface area contributed by atoms with Crippen LogP contribution < -0.4 is 4.74 Å². The number of rotatable bonds is 3. The molecule has 0 fully saturated rings. The highest BCUT2D eigenvalue weighted by atomic mass is 79.9. The molecule has 2 aromatic carbocycles. The van der Waals surface area contributed by atoms with E-state index in [1.807, 2.05) is 0 Å². The van der Waals surface area contributed by atoms with Crippen LogP contribution in [0.1, 0.15) is 11.1 Å². The molecule has 0 bridgehead atoms. The Bertz CT molecular complexity index is 761. The van der Waals surface area contributed by atoms with Gasteiger partial charge in [-0.2, -0.15) is 13.2 Å². The Kier molecular flexibility index (Phi) is 5.36. The van der Waals surface area contributed by atoms with Crippen molar-refractivity contribution < 1.29 is 23.0 Å². The second kappa shape index (κ2) is 6.92. The minimum Gasteiger partial charge on any atom is -0.504 e. The zero-order valence-electron chi connectivity index (χ0n) is 11.7. The number of aliphatic imine (C=N–C) groups is 1. The molecule has 2 rings (SSSR count). The number of benzene rings is 2. The maximum atomic E-state index is 12.7. The maximum Gasteiger partial charge on any atom is 0.416 e. The van der Waals surface area contributed by atoms with Gasteiger partial charge in [-0.15, -0.1) is 0 Å². The van der Waals surface area contributed by atoms with Gasteiger partial charge in [-0.3, -0.25) is 4.99 Å². The first-order valence-electron chi connectivity index (χ1n) is 6.20. The fourth-order valence-electron chi connectivity index (χ4n) is 1.79. The number of phenols is 1. The van der Waals surface area contributed by atoms with E-state index >= 15 is 0 Å². The third kappa shape index (κ3) is 4.06. The molecule has 1 N–H and O–H groups in total. The van der Waals surface area contributed by atoms with Crippen LogP contribution in [0.3, 0.4) is 0 Å². The van der Waals surface area contributed by atoms with Crippen molar-refractivity contribution in [3.05, 3.63) is 50.4 Å². The van der Waals surface area contributed by atoms with Crippen molar-refractivity contribution in [1.29, 1.82) is 0 Å². The van der Waals surface area contributed by atoms with Gasteiger partial charge in [0.25, 0.3) is 0 Å². The fraction of sp³-hybridized carbons (Fsp3) is 0.133. The van der Waals surface area contributed by atoms with Crippen LogP contribution in [-0.2, 0) is 6.18 Å². The molecule has 0 amide bonds. The molecule has 0 atom stereocenters. The topological polar surface area (TPSA) is 41.8 Å². The number of ether oxygens (including phenoxy) is 1. The van der Waals surface area contributed by atoms with Crippen LogP contribution in [-0.4, -0.2) is 18.4 Å². The highest BCUT2D eigenvalue weighted by Crippen LogP contribution is 2.39. The normalized spacial score (nSPS) is 11.9. The van der Waals surface area contributed by atoms with Gasteiger partial charge in [0.15, 0.2) is 11.5 Å². The minimum absolute atomic E-state index is 0.116. The van der Waals surface area contributed by atoms with E-state index in [4.69, 9.17) is 4.74 Å². The molecule has 0 aliphatic heterocycles.